The highest BCUT2D eigenvalue weighted by atomic mass is 32.3. The second-order valence-electron chi connectivity index (χ2n) is 3.00. The van der Waals surface area contributed by atoms with Gasteiger partial charge in [-0.2, -0.15) is 0 Å². The largest absolute Gasteiger partial charge is 0.314 e. The van der Waals surface area contributed by atoms with E-state index in [1.807, 2.05) is 0 Å². The van der Waals surface area contributed by atoms with Crippen molar-refractivity contribution in [3.8, 4) is 0 Å². The van der Waals surface area contributed by atoms with E-state index in [-0.39, 0.29) is 17.9 Å². The lowest BCUT2D eigenvalue weighted by molar-refractivity contribution is 0.420. The van der Waals surface area contributed by atoms with Crippen LogP contribution in [0, 0.1) is 0 Å². The number of rotatable bonds is 6. The summed E-state index contributed by atoms with van der Waals surface area (Å²) in [5, 5.41) is 0. The quantitative estimate of drug-likeness (QED) is 0.659. The van der Waals surface area contributed by atoms with Gasteiger partial charge >= 0.3 is 0 Å². The fourth-order valence-electron chi connectivity index (χ4n) is 0.989. The number of nitrogens with zero attached hydrogens (tertiary/aromatic N) is 1. The van der Waals surface area contributed by atoms with Gasteiger partial charge in [-0.05, 0) is 20.3 Å². The smallest absolute Gasteiger partial charge is 0.228 e. The summed E-state index contributed by atoms with van der Waals surface area (Å²) in [6.07, 6.45) is -0.766. The Morgan fingerprint density at radius 3 is 1.53 bits per heavy atom. The molecule has 92 valence electrons. The van der Waals surface area contributed by atoms with Gasteiger partial charge in [0.05, 0.1) is 17.7 Å². The predicted molar refractivity (Wildman–Crippen MR) is 59.0 cm³/mol. The van der Waals surface area contributed by atoms with Gasteiger partial charge in [0.2, 0.25) is 20.0 Å². The van der Waals surface area contributed by atoms with Crippen LogP contribution in [-0.4, -0.2) is 38.2 Å². The summed E-state index contributed by atoms with van der Waals surface area (Å²) in [6.45, 7) is 4.40. The van der Waals surface area contributed by atoms with Crippen LogP contribution in [-0.2, 0) is 20.0 Å². The molecule has 1 atom stereocenters. The SMILES string of the molecule is CCC(N)N(S(=O)(=O)CC)S(=O)(=O)CC. The Balaban J connectivity index is 5.47. The molecule has 1 unspecified atom stereocenters. The highest BCUT2D eigenvalue weighted by molar-refractivity contribution is 8.04. The van der Waals surface area contributed by atoms with Crippen molar-refractivity contribution in [2.75, 3.05) is 11.5 Å². The van der Waals surface area contributed by atoms with Crippen molar-refractivity contribution in [1.29, 1.82) is 0 Å². The Morgan fingerprint density at radius 1 is 1.00 bits per heavy atom. The first-order valence-electron chi connectivity index (χ1n) is 4.73. The third kappa shape index (κ3) is 3.40. The first-order valence-corrected chi connectivity index (χ1v) is 7.95. The van der Waals surface area contributed by atoms with Crippen LogP contribution in [0.4, 0.5) is 0 Å². The molecule has 0 heterocycles. The molecule has 0 aromatic carbocycles. The molecule has 0 aliphatic heterocycles. The number of sulfonamides is 2. The predicted octanol–water partition coefficient (Wildman–Crippen LogP) is -0.317. The molecule has 8 heteroatoms. The topological polar surface area (TPSA) is 97.5 Å². The first kappa shape index (κ1) is 14.8. The maximum Gasteiger partial charge on any atom is 0.228 e. The summed E-state index contributed by atoms with van der Waals surface area (Å²) in [5.74, 6) is -0.556. The second-order valence-corrected chi connectivity index (χ2v) is 7.50. The van der Waals surface area contributed by atoms with Crippen LogP contribution in [0.15, 0.2) is 0 Å². The van der Waals surface area contributed by atoms with Gasteiger partial charge in [-0.3, -0.25) is 0 Å². The van der Waals surface area contributed by atoms with E-state index in [2.05, 4.69) is 0 Å². The second kappa shape index (κ2) is 5.24. The standard InChI is InChI=1S/C7H18N2O4S2/c1-4-7(8)9(14(10,11)5-2)15(12,13)6-3/h7H,4-6,8H2,1-3H3. The highest BCUT2D eigenvalue weighted by Crippen LogP contribution is 2.14. The third-order valence-corrected chi connectivity index (χ3v) is 6.43. The zero-order chi connectivity index (χ0) is 12.3. The summed E-state index contributed by atoms with van der Waals surface area (Å²) in [4.78, 5) is 0. The monoisotopic (exact) mass is 258 g/mol. The van der Waals surface area contributed by atoms with E-state index >= 15 is 0 Å². The maximum atomic E-state index is 11.6. The molecule has 0 amide bonds. The Morgan fingerprint density at radius 2 is 1.33 bits per heavy atom. The van der Waals surface area contributed by atoms with Crippen LogP contribution in [0.5, 0.6) is 0 Å². The molecule has 0 fully saturated rings. The lowest BCUT2D eigenvalue weighted by Crippen LogP contribution is -2.49. The minimum absolute atomic E-state index is 0.248. The van der Waals surface area contributed by atoms with Gasteiger partial charge in [0.1, 0.15) is 0 Å². The van der Waals surface area contributed by atoms with Gasteiger partial charge in [-0.25, -0.2) is 16.8 Å². The zero-order valence-electron chi connectivity index (χ0n) is 9.17. The van der Waals surface area contributed by atoms with Crippen LogP contribution in [0.25, 0.3) is 0 Å². The zero-order valence-corrected chi connectivity index (χ0v) is 10.8. The fraction of sp³-hybridized carbons (Fsp3) is 1.00. The fourth-order valence-corrected chi connectivity index (χ4v) is 4.64. The van der Waals surface area contributed by atoms with Crippen molar-refractivity contribution in [2.24, 2.45) is 5.73 Å². The Labute approximate surface area is 91.6 Å². The molecular weight excluding hydrogens is 240 g/mol. The molecule has 0 radical (unpaired) electrons. The van der Waals surface area contributed by atoms with Gasteiger partial charge in [0, 0.05) is 0 Å². The molecule has 0 spiro atoms. The summed E-state index contributed by atoms with van der Waals surface area (Å²) >= 11 is 0. The van der Waals surface area contributed by atoms with E-state index in [0.29, 0.717) is 3.71 Å². The Bertz CT molecular complexity index is 353. The number of hydrogen-bond donors (Lipinski definition) is 1. The third-order valence-electron chi connectivity index (χ3n) is 1.97. The summed E-state index contributed by atoms with van der Waals surface area (Å²) in [5.41, 5.74) is 5.51. The lowest BCUT2D eigenvalue weighted by atomic mass is 10.4. The van der Waals surface area contributed by atoms with Crippen LogP contribution < -0.4 is 5.73 Å². The van der Waals surface area contributed by atoms with Gasteiger partial charge in [0.25, 0.3) is 0 Å². The minimum atomic E-state index is -3.82. The molecule has 6 nitrogen and oxygen atoms in total. The number of nitrogens with two attached hydrogens (primary N) is 1. The van der Waals surface area contributed by atoms with Crippen molar-refractivity contribution in [2.45, 2.75) is 33.4 Å². The van der Waals surface area contributed by atoms with E-state index in [1.54, 1.807) is 6.92 Å². The van der Waals surface area contributed by atoms with Gasteiger partial charge < -0.3 is 5.73 Å². The molecule has 15 heavy (non-hydrogen) atoms. The minimum Gasteiger partial charge on any atom is -0.314 e. The Hall–Kier alpha value is -0.180. The van der Waals surface area contributed by atoms with Crippen LogP contribution in [0.3, 0.4) is 0 Å². The van der Waals surface area contributed by atoms with Gasteiger partial charge in [-0.15, -0.1) is 0 Å². The normalized spacial score (nSPS) is 15.5. The average molecular weight is 258 g/mol. The van der Waals surface area contributed by atoms with E-state index < -0.39 is 26.2 Å². The molecule has 0 aromatic rings. The van der Waals surface area contributed by atoms with Gasteiger partial charge in [0.15, 0.2) is 0 Å². The van der Waals surface area contributed by atoms with Crippen molar-refractivity contribution < 1.29 is 16.8 Å². The average Bonchev–Trinajstić information content (AvgIpc) is 2.17. The molecule has 0 rings (SSSR count). The molecule has 0 aliphatic rings. The van der Waals surface area contributed by atoms with Crippen molar-refractivity contribution in [3.63, 3.8) is 0 Å². The van der Waals surface area contributed by atoms with Crippen LogP contribution in [0.2, 0.25) is 0 Å². The first-order chi connectivity index (χ1) is 6.72. The van der Waals surface area contributed by atoms with E-state index in [1.165, 1.54) is 13.8 Å². The molecule has 0 saturated carbocycles. The molecular formula is C7H18N2O4S2. The van der Waals surface area contributed by atoms with Gasteiger partial charge in [-0.1, -0.05) is 10.6 Å². The summed E-state index contributed by atoms with van der Waals surface area (Å²) in [6, 6.07) is 0. The summed E-state index contributed by atoms with van der Waals surface area (Å²) < 4.78 is 46.7. The molecule has 0 bridgehead atoms. The Kier molecular flexibility index (Phi) is 5.18. The maximum absolute atomic E-state index is 11.6. The van der Waals surface area contributed by atoms with E-state index in [4.69, 9.17) is 5.73 Å². The van der Waals surface area contributed by atoms with Crippen molar-refractivity contribution in [3.05, 3.63) is 0 Å². The van der Waals surface area contributed by atoms with Crippen molar-refractivity contribution in [1.82, 2.24) is 3.71 Å². The highest BCUT2D eigenvalue weighted by Gasteiger charge is 2.35. The van der Waals surface area contributed by atoms with Crippen molar-refractivity contribution >= 4 is 20.0 Å². The molecule has 0 saturated heterocycles. The molecule has 0 aromatic heterocycles. The van der Waals surface area contributed by atoms with Crippen LogP contribution in [0.1, 0.15) is 27.2 Å². The molecule has 0 aliphatic carbocycles. The van der Waals surface area contributed by atoms with E-state index in [0.717, 1.165) is 0 Å². The lowest BCUT2D eigenvalue weighted by Gasteiger charge is -2.25. The molecule has 2 N–H and O–H groups in total. The summed E-state index contributed by atoms with van der Waals surface area (Å²) in [7, 11) is -7.64. The van der Waals surface area contributed by atoms with Crippen LogP contribution >= 0.6 is 0 Å². The number of hydrogen-bond acceptors (Lipinski definition) is 5. The van der Waals surface area contributed by atoms with E-state index in [9.17, 15) is 16.8 Å².